The maximum absolute atomic E-state index is 12.2. The average molecular weight is 369 g/mol. The molecule has 0 aliphatic heterocycles. The minimum absolute atomic E-state index is 0.0787. The molecule has 3 rings (SSSR count). The molecule has 134 valence electrons. The normalized spacial score (nSPS) is 10.7. The summed E-state index contributed by atoms with van der Waals surface area (Å²) in [6.07, 6.45) is 0. The minimum Gasteiger partial charge on any atom is -0.538 e. The molecule has 3 aromatic rings. The molecule has 0 spiro atoms. The van der Waals surface area contributed by atoms with E-state index in [9.17, 15) is 9.90 Å². The Morgan fingerprint density at radius 1 is 1.12 bits per heavy atom. The number of hydrogen-bond donors (Lipinski definition) is 1. The summed E-state index contributed by atoms with van der Waals surface area (Å²) in [5.41, 5.74) is 4.70. The van der Waals surface area contributed by atoms with Gasteiger partial charge >= 0.3 is 0 Å². The number of anilines is 1. The van der Waals surface area contributed by atoms with Crippen LogP contribution in [0.2, 0.25) is 0 Å². The molecule has 0 saturated heterocycles. The molecule has 0 aliphatic rings. The van der Waals surface area contributed by atoms with Crippen molar-refractivity contribution in [1.82, 2.24) is 5.27 Å². The molecule has 0 bridgehead atoms. The second kappa shape index (κ2) is 7.61. The molecule has 0 saturated carbocycles. The van der Waals surface area contributed by atoms with Gasteiger partial charge in [0, 0.05) is 17.8 Å². The third-order valence-corrected chi connectivity index (χ3v) is 4.72. The first-order valence-electron chi connectivity index (χ1n) is 8.09. The molecule has 1 aromatic heterocycles. The Bertz CT molecular complexity index is 915. The van der Waals surface area contributed by atoms with Gasteiger partial charge in [-0.1, -0.05) is 23.8 Å². The summed E-state index contributed by atoms with van der Waals surface area (Å²) < 4.78 is 6.18. The monoisotopic (exact) mass is 369 g/mol. The summed E-state index contributed by atoms with van der Waals surface area (Å²) in [6.45, 7) is 5.93. The lowest BCUT2D eigenvalue weighted by Gasteiger charge is -2.07. The van der Waals surface area contributed by atoms with Crippen LogP contribution in [-0.4, -0.2) is 16.9 Å². The van der Waals surface area contributed by atoms with Crippen molar-refractivity contribution >= 4 is 23.4 Å². The van der Waals surface area contributed by atoms with E-state index in [-0.39, 0.29) is 16.7 Å². The first kappa shape index (κ1) is 18.0. The first-order valence-corrected chi connectivity index (χ1v) is 9.08. The van der Waals surface area contributed by atoms with Gasteiger partial charge in [0.1, 0.15) is 0 Å². The highest BCUT2D eigenvalue weighted by Gasteiger charge is 2.22. The van der Waals surface area contributed by atoms with Gasteiger partial charge in [-0.25, -0.2) is 0 Å². The smallest absolute Gasteiger partial charge is 0.298 e. The molecule has 2 aromatic carbocycles. The molecule has 1 amide bonds. The van der Waals surface area contributed by atoms with E-state index >= 15 is 0 Å². The molecule has 0 aliphatic carbocycles. The average Bonchev–Trinajstić information content (AvgIpc) is 2.93. The lowest BCUT2D eigenvalue weighted by molar-refractivity contribution is -0.705. The van der Waals surface area contributed by atoms with E-state index in [1.54, 1.807) is 0 Å². The van der Waals surface area contributed by atoms with Crippen LogP contribution in [0, 0.1) is 20.8 Å². The molecule has 26 heavy (non-hydrogen) atoms. The van der Waals surface area contributed by atoms with Gasteiger partial charge in [-0.05, 0) is 60.5 Å². The van der Waals surface area contributed by atoms with E-state index < -0.39 is 5.95 Å². The molecule has 0 fully saturated rings. The zero-order chi connectivity index (χ0) is 18.7. The van der Waals surface area contributed by atoms with Gasteiger partial charge in [-0.15, -0.1) is 0 Å². The maximum atomic E-state index is 12.2. The summed E-state index contributed by atoms with van der Waals surface area (Å²) >= 11 is 1.10. The second-order valence-corrected chi connectivity index (χ2v) is 7.09. The number of nitrogens with one attached hydrogen (secondary N) is 1. The van der Waals surface area contributed by atoms with Crippen molar-refractivity contribution in [2.45, 2.75) is 25.8 Å². The standard InChI is InChI=1S/C19H19N3O3S/c1-12-4-6-16(7-5-12)22-18(19(24)25-21-22)26-11-17(23)20-15-9-13(2)8-14(3)10-15/h4-10H,11H2,1-3H3,(H-,20,21,23,24). The van der Waals surface area contributed by atoms with Gasteiger partial charge in [-0.2, -0.15) is 0 Å². The summed E-state index contributed by atoms with van der Waals surface area (Å²) in [7, 11) is 0. The van der Waals surface area contributed by atoms with Crippen LogP contribution in [0.1, 0.15) is 16.7 Å². The number of thioether (sulfide) groups is 1. The Balaban J connectivity index is 1.70. The predicted octanol–water partition coefficient (Wildman–Crippen LogP) is 2.68. The van der Waals surface area contributed by atoms with Gasteiger partial charge in [-0.3, -0.25) is 4.79 Å². The van der Waals surface area contributed by atoms with Gasteiger partial charge in [0.2, 0.25) is 11.6 Å². The molecule has 1 N–H and O–H groups in total. The van der Waals surface area contributed by atoms with Crippen LogP contribution in [0.25, 0.3) is 5.69 Å². The van der Waals surface area contributed by atoms with Crippen molar-refractivity contribution in [2.24, 2.45) is 0 Å². The Morgan fingerprint density at radius 3 is 2.42 bits per heavy atom. The van der Waals surface area contributed by atoms with Crippen LogP contribution in [0.4, 0.5) is 5.69 Å². The number of amides is 1. The van der Waals surface area contributed by atoms with Crippen LogP contribution >= 0.6 is 11.8 Å². The minimum atomic E-state index is -0.560. The summed E-state index contributed by atoms with van der Waals surface area (Å²) in [5, 5.41) is 18.8. The number of aryl methyl sites for hydroxylation is 3. The van der Waals surface area contributed by atoms with Crippen molar-refractivity contribution in [2.75, 3.05) is 11.1 Å². The maximum Gasteiger partial charge on any atom is 0.298 e. The first-order chi connectivity index (χ1) is 12.4. The van der Waals surface area contributed by atoms with E-state index in [0.717, 1.165) is 34.1 Å². The Hall–Kier alpha value is -2.80. The largest absolute Gasteiger partial charge is 0.538 e. The van der Waals surface area contributed by atoms with Crippen molar-refractivity contribution in [3.05, 3.63) is 59.2 Å². The molecule has 0 atom stereocenters. The summed E-state index contributed by atoms with van der Waals surface area (Å²) in [4.78, 5) is 12.2. The number of benzene rings is 2. The third-order valence-electron chi connectivity index (χ3n) is 3.70. The molecule has 6 nitrogen and oxygen atoms in total. The van der Waals surface area contributed by atoms with Crippen LogP contribution in [0.3, 0.4) is 0 Å². The van der Waals surface area contributed by atoms with Crippen LogP contribution in [0.5, 0.6) is 5.95 Å². The molecular formula is C19H19N3O3S. The topological polar surface area (TPSA) is 82.1 Å². The van der Waals surface area contributed by atoms with Gasteiger partial charge in [0.05, 0.1) is 11.0 Å². The lowest BCUT2D eigenvalue weighted by Crippen LogP contribution is -2.35. The molecular weight excluding hydrogens is 350 g/mol. The fourth-order valence-corrected chi connectivity index (χ4v) is 3.34. The van der Waals surface area contributed by atoms with Crippen LogP contribution in [-0.2, 0) is 4.79 Å². The van der Waals surface area contributed by atoms with E-state index in [0.29, 0.717) is 5.69 Å². The lowest BCUT2D eigenvalue weighted by atomic mass is 10.1. The number of carbonyl (C=O) groups excluding carboxylic acids is 1. The Morgan fingerprint density at radius 2 is 1.77 bits per heavy atom. The van der Waals surface area contributed by atoms with E-state index in [1.165, 1.54) is 4.68 Å². The van der Waals surface area contributed by atoms with Crippen molar-refractivity contribution in [3.8, 4) is 11.6 Å². The van der Waals surface area contributed by atoms with Gasteiger partial charge in [0.15, 0.2) is 5.95 Å². The highest BCUT2D eigenvalue weighted by atomic mass is 32.2. The second-order valence-electron chi connectivity index (χ2n) is 6.13. The molecule has 1 heterocycles. The highest BCUT2D eigenvalue weighted by molar-refractivity contribution is 7.99. The number of hydrogen-bond acceptors (Lipinski definition) is 5. The van der Waals surface area contributed by atoms with Crippen molar-refractivity contribution in [3.63, 3.8) is 0 Å². The Labute approximate surface area is 155 Å². The van der Waals surface area contributed by atoms with Gasteiger partial charge in [0.25, 0.3) is 5.03 Å². The van der Waals surface area contributed by atoms with E-state index in [2.05, 4.69) is 10.6 Å². The third kappa shape index (κ3) is 4.23. The molecule has 0 unspecified atom stereocenters. The summed E-state index contributed by atoms with van der Waals surface area (Å²) in [6, 6.07) is 13.4. The molecule has 0 radical (unpaired) electrons. The fraction of sp³-hybridized carbons (Fsp3) is 0.211. The fourth-order valence-electron chi connectivity index (χ4n) is 2.59. The van der Waals surface area contributed by atoms with Crippen LogP contribution < -0.4 is 15.1 Å². The zero-order valence-electron chi connectivity index (χ0n) is 14.8. The van der Waals surface area contributed by atoms with Crippen molar-refractivity contribution in [1.29, 1.82) is 0 Å². The van der Waals surface area contributed by atoms with Gasteiger partial charge < -0.3 is 14.9 Å². The summed E-state index contributed by atoms with van der Waals surface area (Å²) in [5.74, 6) is -0.680. The number of nitrogens with zero attached hydrogens (tertiary/aromatic N) is 2. The van der Waals surface area contributed by atoms with E-state index in [4.69, 9.17) is 4.52 Å². The molecule has 7 heteroatoms. The predicted molar refractivity (Wildman–Crippen MR) is 97.5 cm³/mol. The Kier molecular flexibility index (Phi) is 5.27. The van der Waals surface area contributed by atoms with Crippen LogP contribution in [0.15, 0.2) is 52.0 Å². The SMILES string of the molecule is Cc1ccc(-[n+]2noc([O-])c2SCC(=O)Nc2cc(C)cc(C)c2)cc1. The van der Waals surface area contributed by atoms with E-state index in [1.807, 2.05) is 63.2 Å². The quantitative estimate of drug-likeness (QED) is 0.552. The van der Waals surface area contributed by atoms with Crippen molar-refractivity contribution < 1.29 is 19.1 Å². The number of carbonyl (C=O) groups is 1. The number of rotatable bonds is 5. The highest BCUT2D eigenvalue weighted by Crippen LogP contribution is 2.23. The zero-order valence-corrected chi connectivity index (χ0v) is 15.6. The number of aromatic nitrogens is 2.